The number of nitrogens with zero attached hydrogens (tertiary/aromatic N) is 4. The Morgan fingerprint density at radius 3 is 2.48 bits per heavy atom. The van der Waals surface area contributed by atoms with Crippen molar-refractivity contribution in [2.24, 2.45) is 7.05 Å². The third-order valence-electron chi connectivity index (χ3n) is 5.81. The molecular weight excluding hydrogens is 424 g/mol. The first kappa shape index (κ1) is 21.2. The molecule has 0 unspecified atom stereocenters. The Balaban J connectivity index is 1.53. The summed E-state index contributed by atoms with van der Waals surface area (Å²) in [6, 6.07) is 8.94. The molecule has 33 heavy (non-hydrogen) atoms. The van der Waals surface area contributed by atoms with Crippen LogP contribution in [0.25, 0.3) is 22.0 Å². The molecular formula is C23H16B2F2N4O2. The average Bonchev–Trinajstić information content (AvgIpc) is 3.25. The number of hydrogen-bond donors (Lipinski definition) is 0. The van der Waals surface area contributed by atoms with Crippen LogP contribution in [-0.2, 0) is 18.9 Å². The lowest BCUT2D eigenvalue weighted by Crippen LogP contribution is -2.45. The lowest BCUT2D eigenvalue weighted by molar-refractivity contribution is 0.0727. The van der Waals surface area contributed by atoms with Gasteiger partial charge in [0.15, 0.2) is 0 Å². The summed E-state index contributed by atoms with van der Waals surface area (Å²) in [5, 5.41) is 3.32. The SMILES string of the molecule is [B]C1([B])c2ncccc2C(=O)N1Cc1c(F)cc(-c2cc(OC)c3nn(C)cc3c2)cc1F. The van der Waals surface area contributed by atoms with Crippen molar-refractivity contribution >= 4 is 32.5 Å². The van der Waals surface area contributed by atoms with E-state index in [9.17, 15) is 4.79 Å². The number of fused-ring (bicyclic) bond motifs is 2. The molecule has 0 bridgehead atoms. The fourth-order valence-electron chi connectivity index (χ4n) is 4.16. The molecule has 0 saturated heterocycles. The summed E-state index contributed by atoms with van der Waals surface area (Å²) in [6.07, 6.45) is 3.24. The highest BCUT2D eigenvalue weighted by atomic mass is 19.1. The van der Waals surface area contributed by atoms with E-state index in [1.54, 1.807) is 36.1 Å². The molecule has 1 aliphatic heterocycles. The zero-order chi connectivity index (χ0) is 23.5. The fraction of sp³-hybridized carbons (Fsp3) is 0.174. The van der Waals surface area contributed by atoms with E-state index >= 15 is 8.78 Å². The van der Waals surface area contributed by atoms with E-state index in [1.165, 1.54) is 31.5 Å². The maximum atomic E-state index is 15.1. The van der Waals surface area contributed by atoms with Gasteiger partial charge < -0.3 is 9.64 Å². The van der Waals surface area contributed by atoms with Crippen LogP contribution in [0.1, 0.15) is 21.6 Å². The number of ether oxygens (including phenoxy) is 1. The average molecular weight is 440 g/mol. The molecule has 160 valence electrons. The Bertz CT molecular complexity index is 1410. The van der Waals surface area contributed by atoms with Crippen molar-refractivity contribution in [1.82, 2.24) is 19.7 Å². The number of rotatable bonds is 4. The van der Waals surface area contributed by atoms with Gasteiger partial charge in [-0.25, -0.2) is 8.78 Å². The summed E-state index contributed by atoms with van der Waals surface area (Å²) in [7, 11) is 15.5. The van der Waals surface area contributed by atoms with Crippen LogP contribution in [0, 0.1) is 11.6 Å². The molecule has 10 heteroatoms. The summed E-state index contributed by atoms with van der Waals surface area (Å²) < 4.78 is 37.3. The Kier molecular flexibility index (Phi) is 4.77. The van der Waals surface area contributed by atoms with Gasteiger partial charge in [0.1, 0.15) is 22.9 Å². The number of amides is 1. The zero-order valence-corrected chi connectivity index (χ0v) is 17.8. The lowest BCUT2D eigenvalue weighted by atomic mass is 9.59. The minimum atomic E-state index is -1.79. The number of aromatic nitrogens is 3. The molecule has 4 radical (unpaired) electrons. The predicted octanol–water partition coefficient (Wildman–Crippen LogP) is 3.03. The molecule has 1 amide bonds. The van der Waals surface area contributed by atoms with Crippen molar-refractivity contribution in [2.75, 3.05) is 7.11 Å². The number of carbonyl (C=O) groups is 1. The molecule has 2 aromatic heterocycles. The summed E-state index contributed by atoms with van der Waals surface area (Å²) >= 11 is 0. The molecule has 3 heterocycles. The standard InChI is InChI=1S/C23H16B2F2N4O2/c1-30-10-14-6-12(9-19(33-2)20(14)29-30)13-7-17(26)16(18(27)8-13)11-31-22(32)15-4-3-5-28-21(15)23(31,24)25/h3-10H,11H2,1-2H3. The Morgan fingerprint density at radius 2 is 1.82 bits per heavy atom. The van der Waals surface area contributed by atoms with E-state index in [2.05, 4.69) is 10.1 Å². The summed E-state index contributed by atoms with van der Waals surface area (Å²) in [6.45, 7) is -0.453. The smallest absolute Gasteiger partial charge is 0.255 e. The maximum absolute atomic E-state index is 15.1. The van der Waals surface area contributed by atoms with Crippen molar-refractivity contribution in [2.45, 2.75) is 11.9 Å². The van der Waals surface area contributed by atoms with E-state index in [-0.39, 0.29) is 16.8 Å². The molecule has 0 aliphatic carbocycles. The van der Waals surface area contributed by atoms with Gasteiger partial charge in [0, 0.05) is 35.7 Å². The summed E-state index contributed by atoms with van der Waals surface area (Å²) in [4.78, 5) is 17.9. The minimum Gasteiger partial charge on any atom is -0.494 e. The second-order valence-electron chi connectivity index (χ2n) is 7.95. The molecule has 2 aromatic carbocycles. The van der Waals surface area contributed by atoms with Gasteiger partial charge in [-0.05, 0) is 47.5 Å². The quantitative estimate of drug-likeness (QED) is 0.458. The van der Waals surface area contributed by atoms with Crippen LogP contribution in [0.3, 0.4) is 0 Å². The second kappa shape index (κ2) is 7.43. The highest BCUT2D eigenvalue weighted by Crippen LogP contribution is 2.36. The molecule has 5 rings (SSSR count). The van der Waals surface area contributed by atoms with Crippen LogP contribution in [-0.4, -0.2) is 48.4 Å². The Morgan fingerprint density at radius 1 is 1.12 bits per heavy atom. The van der Waals surface area contributed by atoms with Gasteiger partial charge in [-0.15, -0.1) is 0 Å². The van der Waals surface area contributed by atoms with E-state index in [0.29, 0.717) is 22.4 Å². The van der Waals surface area contributed by atoms with Gasteiger partial charge in [0.2, 0.25) is 0 Å². The van der Waals surface area contributed by atoms with Crippen molar-refractivity contribution in [1.29, 1.82) is 0 Å². The number of benzene rings is 2. The number of carbonyl (C=O) groups excluding carboxylic acids is 1. The highest BCUT2D eigenvalue weighted by molar-refractivity contribution is 6.42. The first-order chi connectivity index (χ1) is 15.7. The number of halogens is 2. The van der Waals surface area contributed by atoms with E-state index in [4.69, 9.17) is 20.4 Å². The van der Waals surface area contributed by atoms with Gasteiger partial charge in [0.25, 0.3) is 5.91 Å². The van der Waals surface area contributed by atoms with Gasteiger partial charge in [0.05, 0.1) is 40.6 Å². The molecule has 0 N–H and O–H groups in total. The Labute approximate surface area is 191 Å². The van der Waals surface area contributed by atoms with Gasteiger partial charge >= 0.3 is 0 Å². The fourth-order valence-corrected chi connectivity index (χ4v) is 4.16. The molecule has 1 aliphatic rings. The van der Waals surface area contributed by atoms with Crippen molar-refractivity contribution < 1.29 is 18.3 Å². The summed E-state index contributed by atoms with van der Waals surface area (Å²) in [5.74, 6) is -1.72. The minimum absolute atomic E-state index is 0.157. The highest BCUT2D eigenvalue weighted by Gasteiger charge is 2.43. The van der Waals surface area contributed by atoms with Gasteiger partial charge in [-0.1, -0.05) is 0 Å². The molecule has 6 nitrogen and oxygen atoms in total. The third kappa shape index (κ3) is 3.28. The molecule has 0 atom stereocenters. The number of hydrogen-bond acceptors (Lipinski definition) is 4. The van der Waals surface area contributed by atoms with Crippen LogP contribution in [0.2, 0.25) is 0 Å². The lowest BCUT2D eigenvalue weighted by Gasteiger charge is -2.33. The van der Waals surface area contributed by atoms with Gasteiger partial charge in [-0.2, -0.15) is 5.10 Å². The molecule has 0 spiro atoms. The largest absolute Gasteiger partial charge is 0.494 e. The third-order valence-corrected chi connectivity index (χ3v) is 5.81. The monoisotopic (exact) mass is 440 g/mol. The Hall–Kier alpha value is -3.68. The van der Waals surface area contributed by atoms with Crippen LogP contribution in [0.15, 0.2) is 48.8 Å². The molecule has 0 saturated carbocycles. The van der Waals surface area contributed by atoms with E-state index in [1.807, 2.05) is 0 Å². The number of pyridine rings is 1. The summed E-state index contributed by atoms with van der Waals surface area (Å²) in [5.41, 5.74) is 1.54. The van der Waals surface area contributed by atoms with Crippen LogP contribution >= 0.6 is 0 Å². The van der Waals surface area contributed by atoms with Crippen LogP contribution in [0.5, 0.6) is 5.75 Å². The zero-order valence-electron chi connectivity index (χ0n) is 17.8. The van der Waals surface area contributed by atoms with Crippen molar-refractivity contribution in [3.63, 3.8) is 0 Å². The first-order valence-electron chi connectivity index (χ1n) is 10.1. The number of methoxy groups -OCH3 is 1. The van der Waals surface area contributed by atoms with Crippen molar-refractivity contribution in [3.8, 4) is 16.9 Å². The maximum Gasteiger partial charge on any atom is 0.255 e. The molecule has 0 fully saturated rings. The second-order valence-corrected chi connectivity index (χ2v) is 7.95. The number of aryl methyl sites for hydroxylation is 1. The van der Waals surface area contributed by atoms with Gasteiger partial charge in [-0.3, -0.25) is 14.5 Å². The van der Waals surface area contributed by atoms with Crippen LogP contribution < -0.4 is 4.74 Å². The van der Waals surface area contributed by atoms with E-state index in [0.717, 1.165) is 10.3 Å². The molecule has 4 aromatic rings. The van der Waals surface area contributed by atoms with Crippen molar-refractivity contribution in [3.05, 3.63) is 77.2 Å². The van der Waals surface area contributed by atoms with E-state index < -0.39 is 29.4 Å². The van der Waals surface area contributed by atoms with Crippen LogP contribution in [0.4, 0.5) is 8.78 Å². The normalized spacial score (nSPS) is 14.7. The first-order valence-corrected chi connectivity index (χ1v) is 10.1. The predicted molar refractivity (Wildman–Crippen MR) is 120 cm³/mol. The topological polar surface area (TPSA) is 60.3 Å².